The van der Waals surface area contributed by atoms with E-state index in [0.29, 0.717) is 6.54 Å². The minimum Gasteiger partial charge on any atom is -0.380 e. The van der Waals surface area contributed by atoms with Gasteiger partial charge in [-0.2, -0.15) is 0 Å². The van der Waals surface area contributed by atoms with Crippen LogP contribution in [0.1, 0.15) is 43.0 Å². The molecule has 0 aliphatic carbocycles. The number of likely N-dealkylation sites (tertiary alicyclic amines) is 1. The first kappa shape index (κ1) is 23.6. The van der Waals surface area contributed by atoms with Crippen molar-refractivity contribution in [2.24, 2.45) is 0 Å². The van der Waals surface area contributed by atoms with Crippen molar-refractivity contribution in [1.29, 1.82) is 0 Å². The fraction of sp³-hybridized carbons (Fsp3) is 0.296. The van der Waals surface area contributed by atoms with E-state index in [1.165, 1.54) is 0 Å². The maximum atomic E-state index is 12.9. The molecule has 1 saturated heterocycles. The van der Waals surface area contributed by atoms with Crippen molar-refractivity contribution < 1.29 is 19.8 Å². The number of carbonyl (C=O) groups excluding carboxylic acids is 2. The van der Waals surface area contributed by atoms with E-state index in [9.17, 15) is 19.8 Å². The second-order valence-corrected chi connectivity index (χ2v) is 8.58. The van der Waals surface area contributed by atoms with E-state index in [1.807, 2.05) is 66.7 Å². The number of carbonyl (C=O) groups is 2. The lowest BCUT2D eigenvalue weighted by Crippen LogP contribution is -2.50. The molecule has 34 heavy (non-hydrogen) atoms. The van der Waals surface area contributed by atoms with Crippen molar-refractivity contribution in [2.75, 3.05) is 6.54 Å². The van der Waals surface area contributed by atoms with Gasteiger partial charge in [0.15, 0.2) is 12.2 Å². The standard InChI is InChI=1S/C27H29N3O4/c1-18(19-9-11-20(12-10-19)21-13-15-28-16-14-21)29-26(33)24(31)25(32)27(34)30-17-5-8-23(30)22-6-3-2-4-7-22/h2-4,6-7,9-16,18,23-25,31-32H,5,8,17H2,1H3,(H,29,33)/t18-,23+,24+,25+/m0/s1. The molecule has 7 nitrogen and oxygen atoms in total. The molecule has 2 amide bonds. The molecule has 1 fully saturated rings. The van der Waals surface area contributed by atoms with Gasteiger partial charge in [0, 0.05) is 18.9 Å². The number of hydrogen-bond acceptors (Lipinski definition) is 5. The van der Waals surface area contributed by atoms with Gasteiger partial charge in [0.2, 0.25) is 0 Å². The summed E-state index contributed by atoms with van der Waals surface area (Å²) in [6, 6.07) is 20.5. The minimum absolute atomic E-state index is 0.170. The van der Waals surface area contributed by atoms with Gasteiger partial charge >= 0.3 is 0 Å². The maximum absolute atomic E-state index is 12.9. The molecule has 0 spiro atoms. The third-order valence-electron chi connectivity index (χ3n) is 6.32. The van der Waals surface area contributed by atoms with Gasteiger partial charge in [-0.1, -0.05) is 54.6 Å². The molecule has 4 atom stereocenters. The Morgan fingerprint density at radius 2 is 1.59 bits per heavy atom. The first-order chi connectivity index (χ1) is 16.5. The van der Waals surface area contributed by atoms with E-state index in [4.69, 9.17) is 0 Å². The predicted molar refractivity (Wildman–Crippen MR) is 128 cm³/mol. The van der Waals surface area contributed by atoms with Crippen LogP contribution in [0.25, 0.3) is 11.1 Å². The van der Waals surface area contributed by atoms with Crippen LogP contribution in [0.15, 0.2) is 79.1 Å². The molecule has 0 bridgehead atoms. The first-order valence-corrected chi connectivity index (χ1v) is 11.5. The van der Waals surface area contributed by atoms with Gasteiger partial charge in [-0.15, -0.1) is 0 Å². The second kappa shape index (κ2) is 10.6. The van der Waals surface area contributed by atoms with Crippen molar-refractivity contribution >= 4 is 11.8 Å². The predicted octanol–water partition coefficient (Wildman–Crippen LogP) is 3.01. The Morgan fingerprint density at radius 1 is 0.941 bits per heavy atom. The summed E-state index contributed by atoms with van der Waals surface area (Å²) in [7, 11) is 0. The smallest absolute Gasteiger partial charge is 0.255 e. The summed E-state index contributed by atoms with van der Waals surface area (Å²) in [6.07, 6.45) is 1.34. The molecule has 1 aliphatic heterocycles. The molecule has 0 radical (unpaired) electrons. The van der Waals surface area contributed by atoms with Gasteiger partial charge in [0.05, 0.1) is 12.1 Å². The van der Waals surface area contributed by atoms with Crippen molar-refractivity contribution in [3.05, 3.63) is 90.3 Å². The third-order valence-corrected chi connectivity index (χ3v) is 6.32. The summed E-state index contributed by atoms with van der Waals surface area (Å²) >= 11 is 0. The summed E-state index contributed by atoms with van der Waals surface area (Å²) in [5, 5.41) is 23.7. The lowest BCUT2D eigenvalue weighted by Gasteiger charge is -2.29. The SMILES string of the molecule is C[C@H](NC(=O)[C@H](O)[C@@H](O)C(=O)N1CCC[C@@H]1c1ccccc1)c1ccc(-c2ccncc2)cc1. The minimum atomic E-state index is -1.86. The van der Waals surface area contributed by atoms with Crippen molar-refractivity contribution in [1.82, 2.24) is 15.2 Å². The summed E-state index contributed by atoms with van der Waals surface area (Å²) in [5.74, 6) is -1.43. The zero-order valence-electron chi connectivity index (χ0n) is 19.0. The monoisotopic (exact) mass is 459 g/mol. The van der Waals surface area contributed by atoms with E-state index in [0.717, 1.165) is 35.1 Å². The van der Waals surface area contributed by atoms with Crippen molar-refractivity contribution in [2.45, 2.75) is 44.1 Å². The van der Waals surface area contributed by atoms with Crippen molar-refractivity contribution in [3.8, 4) is 11.1 Å². The molecular weight excluding hydrogens is 430 g/mol. The molecule has 2 aromatic carbocycles. The van der Waals surface area contributed by atoms with Gasteiger partial charge in [-0.3, -0.25) is 14.6 Å². The Kier molecular flexibility index (Phi) is 7.35. The first-order valence-electron chi connectivity index (χ1n) is 11.5. The molecule has 1 aromatic heterocycles. The molecule has 0 unspecified atom stereocenters. The highest BCUT2D eigenvalue weighted by molar-refractivity contribution is 5.91. The number of nitrogens with one attached hydrogen (secondary N) is 1. The van der Waals surface area contributed by atoms with Gasteiger partial charge in [-0.05, 0) is 54.2 Å². The lowest BCUT2D eigenvalue weighted by molar-refractivity contribution is -0.154. The third kappa shape index (κ3) is 5.16. The van der Waals surface area contributed by atoms with Gasteiger partial charge in [0.25, 0.3) is 11.8 Å². The number of hydrogen-bond donors (Lipinski definition) is 3. The van der Waals surface area contributed by atoms with Gasteiger partial charge in [-0.25, -0.2) is 0 Å². The zero-order valence-corrected chi connectivity index (χ0v) is 19.0. The molecule has 0 saturated carbocycles. The largest absolute Gasteiger partial charge is 0.380 e. The molecule has 7 heteroatoms. The van der Waals surface area contributed by atoms with Crippen LogP contribution in [-0.2, 0) is 9.59 Å². The van der Waals surface area contributed by atoms with E-state index in [-0.39, 0.29) is 6.04 Å². The number of aliphatic hydroxyl groups is 2. The number of aliphatic hydroxyl groups excluding tert-OH is 2. The van der Waals surface area contributed by atoms with Crippen LogP contribution < -0.4 is 5.32 Å². The zero-order chi connectivity index (χ0) is 24.1. The highest BCUT2D eigenvalue weighted by Gasteiger charge is 2.38. The van der Waals surface area contributed by atoms with Crippen LogP contribution in [0.3, 0.4) is 0 Å². The Morgan fingerprint density at radius 3 is 2.26 bits per heavy atom. The molecule has 3 aromatic rings. The molecular formula is C27H29N3O4. The number of nitrogens with zero attached hydrogens (tertiary/aromatic N) is 2. The van der Waals surface area contributed by atoms with Crippen LogP contribution in [0.2, 0.25) is 0 Å². The number of benzene rings is 2. The highest BCUT2D eigenvalue weighted by atomic mass is 16.3. The molecule has 1 aliphatic rings. The Hall–Kier alpha value is -3.55. The molecule has 3 N–H and O–H groups in total. The van der Waals surface area contributed by atoms with Crippen molar-refractivity contribution in [3.63, 3.8) is 0 Å². The van der Waals surface area contributed by atoms with E-state index in [1.54, 1.807) is 24.2 Å². The van der Waals surface area contributed by atoms with Gasteiger partial charge in [0.1, 0.15) is 0 Å². The highest BCUT2D eigenvalue weighted by Crippen LogP contribution is 2.32. The molecule has 2 heterocycles. The van der Waals surface area contributed by atoms with E-state index < -0.39 is 30.1 Å². The fourth-order valence-corrected chi connectivity index (χ4v) is 4.39. The summed E-state index contributed by atoms with van der Waals surface area (Å²) < 4.78 is 0. The Labute approximate surface area is 199 Å². The van der Waals surface area contributed by atoms with Crippen LogP contribution in [0.4, 0.5) is 0 Å². The maximum Gasteiger partial charge on any atom is 0.255 e. The van der Waals surface area contributed by atoms with E-state index in [2.05, 4.69) is 10.3 Å². The number of aromatic nitrogens is 1. The summed E-state index contributed by atoms with van der Waals surface area (Å²) in [6.45, 7) is 2.26. The van der Waals surface area contributed by atoms with Crippen LogP contribution >= 0.6 is 0 Å². The lowest BCUT2D eigenvalue weighted by atomic mass is 10.0. The Balaban J connectivity index is 1.37. The molecule has 4 rings (SSSR count). The van der Waals surface area contributed by atoms with Crippen LogP contribution in [0, 0.1) is 0 Å². The Bertz CT molecular complexity index is 1110. The number of amides is 2. The van der Waals surface area contributed by atoms with Crippen LogP contribution in [0.5, 0.6) is 0 Å². The summed E-state index contributed by atoms with van der Waals surface area (Å²) in [5.41, 5.74) is 3.86. The average molecular weight is 460 g/mol. The fourth-order valence-electron chi connectivity index (χ4n) is 4.39. The quantitative estimate of drug-likeness (QED) is 0.504. The second-order valence-electron chi connectivity index (χ2n) is 8.58. The normalized spacial score (nSPS) is 18.2. The average Bonchev–Trinajstić information content (AvgIpc) is 3.38. The topological polar surface area (TPSA) is 103 Å². The summed E-state index contributed by atoms with van der Waals surface area (Å²) in [4.78, 5) is 31.1. The number of rotatable bonds is 7. The van der Waals surface area contributed by atoms with E-state index >= 15 is 0 Å². The van der Waals surface area contributed by atoms with Crippen LogP contribution in [-0.4, -0.2) is 50.7 Å². The number of pyridine rings is 1. The molecule has 176 valence electrons. The van der Waals surface area contributed by atoms with Gasteiger partial charge < -0.3 is 20.4 Å².